The maximum absolute atomic E-state index is 12.8. The van der Waals surface area contributed by atoms with E-state index in [1.807, 2.05) is 82.8 Å². The van der Waals surface area contributed by atoms with Crippen molar-refractivity contribution >= 4 is 5.91 Å². The monoisotopic (exact) mass is 478 g/mol. The molecule has 1 fully saturated rings. The van der Waals surface area contributed by atoms with Crippen molar-refractivity contribution in [2.75, 3.05) is 13.1 Å². The Balaban J connectivity index is 0.000000949. The van der Waals surface area contributed by atoms with E-state index in [9.17, 15) is 4.79 Å². The van der Waals surface area contributed by atoms with Gasteiger partial charge in [-0.1, -0.05) is 67.5 Å². The highest BCUT2D eigenvalue weighted by atomic mass is 16.5. The molecule has 1 aromatic heterocycles. The number of aromatic nitrogens is 1. The van der Waals surface area contributed by atoms with Crippen molar-refractivity contribution < 1.29 is 9.53 Å². The van der Waals surface area contributed by atoms with E-state index in [-0.39, 0.29) is 5.91 Å². The normalized spacial score (nSPS) is 16.5. The minimum absolute atomic E-state index is 0.00454. The Bertz CT molecular complexity index is 925. The number of carbonyl (C=O) groups is 1. The molecule has 1 aromatic carbocycles. The highest BCUT2D eigenvalue weighted by molar-refractivity contribution is 5.92. The lowest BCUT2D eigenvalue weighted by molar-refractivity contribution is 0.0750. The number of carbonyl (C=O) groups excluding carboxylic acids is 1. The van der Waals surface area contributed by atoms with E-state index in [4.69, 9.17) is 4.74 Å². The summed E-state index contributed by atoms with van der Waals surface area (Å²) in [4.78, 5) is 19.4. The van der Waals surface area contributed by atoms with Gasteiger partial charge >= 0.3 is 0 Å². The first-order valence-electron chi connectivity index (χ1n) is 13.6. The molecule has 0 radical (unpaired) electrons. The summed E-state index contributed by atoms with van der Waals surface area (Å²) in [5.74, 6) is 3.14. The number of fused-ring (bicyclic) bond motifs is 1. The number of pyridine rings is 1. The number of ether oxygens (including phenoxy) is 1. The van der Waals surface area contributed by atoms with Gasteiger partial charge in [-0.15, -0.1) is 0 Å². The van der Waals surface area contributed by atoms with Gasteiger partial charge in [0.25, 0.3) is 5.91 Å². The second-order valence-electron chi connectivity index (χ2n) is 7.82. The van der Waals surface area contributed by atoms with Crippen LogP contribution < -0.4 is 4.74 Å². The average molecular weight is 479 g/mol. The number of amides is 1. The maximum Gasteiger partial charge on any atom is 0.272 e. The molecule has 2 aliphatic rings. The third kappa shape index (κ3) is 9.01. The SMILES string of the molecule is CC.CC.CC.CCCN(CCC)C(=O)c1cccc(-c2ccc(OC3=CC4CC4C=C3)cc2)n1. The topological polar surface area (TPSA) is 42.4 Å². The number of hydrogen-bond acceptors (Lipinski definition) is 3. The van der Waals surface area contributed by atoms with Crippen LogP contribution in [0.15, 0.2) is 66.5 Å². The largest absolute Gasteiger partial charge is 0.458 e. The van der Waals surface area contributed by atoms with Gasteiger partial charge in [0.2, 0.25) is 0 Å². The van der Waals surface area contributed by atoms with E-state index in [0.29, 0.717) is 11.6 Å². The molecular weight excluding hydrogens is 432 g/mol. The van der Waals surface area contributed by atoms with Gasteiger partial charge in [0.1, 0.15) is 17.2 Å². The third-order valence-corrected chi connectivity index (χ3v) is 5.41. The van der Waals surface area contributed by atoms with Crippen molar-refractivity contribution in [3.8, 4) is 17.0 Å². The second-order valence-corrected chi connectivity index (χ2v) is 7.82. The highest BCUT2D eigenvalue weighted by Crippen LogP contribution is 2.44. The van der Waals surface area contributed by atoms with Gasteiger partial charge in [-0.25, -0.2) is 4.98 Å². The number of benzene rings is 1. The minimum Gasteiger partial charge on any atom is -0.458 e. The van der Waals surface area contributed by atoms with Gasteiger partial charge in [0, 0.05) is 18.7 Å². The smallest absolute Gasteiger partial charge is 0.272 e. The lowest BCUT2D eigenvalue weighted by atomic mass is 10.1. The molecule has 1 heterocycles. The van der Waals surface area contributed by atoms with Crippen LogP contribution in [0.1, 0.15) is 85.1 Å². The quantitative estimate of drug-likeness (QED) is 0.381. The zero-order chi connectivity index (χ0) is 26.2. The molecule has 4 rings (SSSR count). The van der Waals surface area contributed by atoms with Gasteiger partial charge in [0.05, 0.1) is 5.69 Å². The molecule has 4 nitrogen and oxygen atoms in total. The lowest BCUT2D eigenvalue weighted by Gasteiger charge is -2.21. The van der Waals surface area contributed by atoms with Crippen molar-refractivity contribution in [2.45, 2.75) is 74.7 Å². The van der Waals surface area contributed by atoms with Crippen LogP contribution in [0.3, 0.4) is 0 Å². The van der Waals surface area contributed by atoms with Crippen LogP contribution >= 0.6 is 0 Å². The molecular formula is C31H46N2O2. The molecule has 2 unspecified atom stereocenters. The minimum atomic E-state index is 0.00454. The van der Waals surface area contributed by atoms with Crippen LogP contribution in [0.4, 0.5) is 0 Å². The van der Waals surface area contributed by atoms with Gasteiger partial charge in [0.15, 0.2) is 0 Å². The van der Waals surface area contributed by atoms with Crippen molar-refractivity contribution in [3.63, 3.8) is 0 Å². The van der Waals surface area contributed by atoms with Gasteiger partial charge < -0.3 is 9.64 Å². The van der Waals surface area contributed by atoms with Crippen molar-refractivity contribution in [1.29, 1.82) is 0 Å². The van der Waals surface area contributed by atoms with Crippen LogP contribution in [0, 0.1) is 11.8 Å². The van der Waals surface area contributed by atoms with Crippen molar-refractivity contribution in [3.05, 3.63) is 72.1 Å². The summed E-state index contributed by atoms with van der Waals surface area (Å²) in [5.41, 5.74) is 2.27. The van der Waals surface area contributed by atoms with E-state index in [0.717, 1.165) is 54.6 Å². The summed E-state index contributed by atoms with van der Waals surface area (Å²) in [6, 6.07) is 13.5. The zero-order valence-corrected chi connectivity index (χ0v) is 23.2. The molecule has 4 heteroatoms. The predicted molar refractivity (Wildman–Crippen MR) is 150 cm³/mol. The van der Waals surface area contributed by atoms with Crippen LogP contribution in [0.25, 0.3) is 11.3 Å². The summed E-state index contributed by atoms with van der Waals surface area (Å²) in [6.07, 6.45) is 9.66. The Kier molecular flexibility index (Phi) is 14.4. The summed E-state index contributed by atoms with van der Waals surface area (Å²) >= 11 is 0. The Morgan fingerprint density at radius 2 is 1.54 bits per heavy atom. The summed E-state index contributed by atoms with van der Waals surface area (Å²) in [5, 5.41) is 0. The Hall–Kier alpha value is -2.88. The zero-order valence-electron chi connectivity index (χ0n) is 23.2. The van der Waals surface area contributed by atoms with Gasteiger partial charge in [-0.3, -0.25) is 4.79 Å². The lowest BCUT2D eigenvalue weighted by Crippen LogP contribution is -2.33. The number of rotatable bonds is 8. The van der Waals surface area contributed by atoms with E-state index in [1.54, 1.807) is 6.07 Å². The molecule has 1 saturated carbocycles. The van der Waals surface area contributed by atoms with Crippen LogP contribution in [-0.2, 0) is 0 Å². The summed E-state index contributed by atoms with van der Waals surface area (Å²) in [6.45, 7) is 17.7. The molecule has 192 valence electrons. The summed E-state index contributed by atoms with van der Waals surface area (Å²) in [7, 11) is 0. The third-order valence-electron chi connectivity index (χ3n) is 5.41. The van der Waals surface area contributed by atoms with Gasteiger partial charge in [-0.2, -0.15) is 0 Å². The standard InChI is InChI=1S/C25H28N2O2.3C2H6/c1-3-14-27(15-4-2)25(28)24-7-5-6-23(26-24)18-8-11-21(12-9-18)29-22-13-10-19-16-20(19)17-22;3*1-2/h5-13,17,19-20H,3-4,14-16H2,1-2H3;3*1-2H3. The first-order valence-corrected chi connectivity index (χ1v) is 13.6. The van der Waals surface area contributed by atoms with Crippen LogP contribution in [0.5, 0.6) is 5.75 Å². The number of hydrogen-bond donors (Lipinski definition) is 0. The molecule has 0 spiro atoms. The first kappa shape index (κ1) is 30.2. The highest BCUT2D eigenvalue weighted by Gasteiger charge is 2.35. The Labute approximate surface area is 214 Å². The summed E-state index contributed by atoms with van der Waals surface area (Å²) < 4.78 is 5.98. The predicted octanol–water partition coefficient (Wildman–Crippen LogP) is 8.56. The molecule has 2 aliphatic carbocycles. The second kappa shape index (κ2) is 16.7. The Morgan fingerprint density at radius 3 is 2.11 bits per heavy atom. The molecule has 0 aliphatic heterocycles. The Morgan fingerprint density at radius 1 is 0.914 bits per heavy atom. The van der Waals surface area contributed by atoms with Crippen LogP contribution in [0.2, 0.25) is 0 Å². The van der Waals surface area contributed by atoms with Crippen molar-refractivity contribution in [2.24, 2.45) is 11.8 Å². The fourth-order valence-electron chi connectivity index (χ4n) is 3.76. The van der Waals surface area contributed by atoms with Gasteiger partial charge in [-0.05, 0) is 79.6 Å². The number of allylic oxidation sites excluding steroid dienone is 3. The fourth-order valence-corrected chi connectivity index (χ4v) is 3.76. The van der Waals surface area contributed by atoms with Crippen LogP contribution in [-0.4, -0.2) is 28.9 Å². The van der Waals surface area contributed by atoms with E-state index < -0.39 is 0 Å². The average Bonchev–Trinajstić information content (AvgIpc) is 3.71. The maximum atomic E-state index is 12.8. The molecule has 2 atom stereocenters. The fraction of sp³-hybridized carbons (Fsp3) is 0.484. The first-order chi connectivity index (χ1) is 17.2. The van der Waals surface area contributed by atoms with E-state index >= 15 is 0 Å². The molecule has 2 aromatic rings. The molecule has 0 saturated heterocycles. The van der Waals surface area contributed by atoms with Crippen molar-refractivity contribution in [1.82, 2.24) is 9.88 Å². The van der Waals surface area contributed by atoms with E-state index in [1.165, 1.54) is 6.42 Å². The van der Waals surface area contributed by atoms with E-state index in [2.05, 4.69) is 37.1 Å². The number of nitrogens with zero attached hydrogens (tertiary/aromatic N) is 2. The molecule has 0 bridgehead atoms. The molecule has 1 amide bonds. The molecule has 35 heavy (non-hydrogen) atoms. The molecule has 0 N–H and O–H groups in total.